The van der Waals surface area contributed by atoms with E-state index in [4.69, 9.17) is 9.47 Å². The number of nitrogens with one attached hydrogen (secondary N) is 1. The number of ether oxygens (including phenoxy) is 2. The van der Waals surface area contributed by atoms with Gasteiger partial charge in [0.05, 0.1) is 5.92 Å². The molecule has 1 unspecified atom stereocenters. The molecule has 0 aliphatic heterocycles. The maximum atomic E-state index is 14.1. The van der Waals surface area contributed by atoms with Crippen LogP contribution in [-0.4, -0.2) is 47.6 Å². The number of rotatable bonds is 15. The van der Waals surface area contributed by atoms with Crippen LogP contribution in [0.3, 0.4) is 0 Å². The molecule has 0 saturated heterocycles. The number of esters is 2. The van der Waals surface area contributed by atoms with Crippen molar-refractivity contribution in [3.8, 4) is 11.1 Å². The standard InChI is InChI=1S/C42H50N2O5/c1-31(2)28-44(29-37(39(45)49-42(3,4)5)26-21-32-15-9-6-10-16-32)41(47)43-38(40(46)48-30-34-17-11-7-12-18-34)27-33-22-24-36(25-23-33)35-19-13-8-14-20-35/h6-20,22-25,31,37-38H,21,26-30H2,1-5H3,(H,43,47)/t37?,38-/m0/s1. The van der Waals surface area contributed by atoms with E-state index in [-0.39, 0.29) is 31.5 Å². The Bertz CT molecular complexity index is 1600. The number of benzene rings is 4. The maximum absolute atomic E-state index is 14.1. The fraction of sp³-hybridized carbons (Fsp3) is 0.357. The van der Waals surface area contributed by atoms with E-state index in [2.05, 4.69) is 5.32 Å². The molecule has 0 fully saturated rings. The Morgan fingerprint density at radius 3 is 1.80 bits per heavy atom. The van der Waals surface area contributed by atoms with E-state index in [1.54, 1.807) is 4.90 Å². The zero-order chi connectivity index (χ0) is 35.2. The molecule has 7 nitrogen and oxygen atoms in total. The lowest BCUT2D eigenvalue weighted by Gasteiger charge is -2.31. The van der Waals surface area contributed by atoms with E-state index in [0.29, 0.717) is 19.4 Å². The fourth-order valence-corrected chi connectivity index (χ4v) is 5.56. The lowest BCUT2D eigenvalue weighted by Crippen LogP contribution is -2.52. The average Bonchev–Trinajstić information content (AvgIpc) is 3.08. The quantitative estimate of drug-likeness (QED) is 0.130. The first-order valence-corrected chi connectivity index (χ1v) is 17.1. The smallest absolute Gasteiger partial charge is 0.329 e. The summed E-state index contributed by atoms with van der Waals surface area (Å²) in [5.41, 5.74) is 4.33. The monoisotopic (exact) mass is 662 g/mol. The van der Waals surface area contributed by atoms with Gasteiger partial charge in [0.25, 0.3) is 0 Å². The van der Waals surface area contributed by atoms with Crippen molar-refractivity contribution >= 4 is 18.0 Å². The van der Waals surface area contributed by atoms with Gasteiger partial charge in [0.1, 0.15) is 18.2 Å². The van der Waals surface area contributed by atoms with Crippen LogP contribution in [0.15, 0.2) is 115 Å². The summed E-state index contributed by atoms with van der Waals surface area (Å²) in [5.74, 6) is -1.31. The van der Waals surface area contributed by atoms with Crippen LogP contribution in [0.1, 0.15) is 57.7 Å². The minimum Gasteiger partial charge on any atom is -0.460 e. The summed E-state index contributed by atoms with van der Waals surface area (Å²) in [6.07, 6.45) is 1.42. The van der Waals surface area contributed by atoms with Crippen molar-refractivity contribution in [3.63, 3.8) is 0 Å². The number of aryl methyl sites for hydroxylation is 1. The highest BCUT2D eigenvalue weighted by Gasteiger charge is 2.31. The molecule has 0 bridgehead atoms. The molecule has 2 atom stereocenters. The molecule has 49 heavy (non-hydrogen) atoms. The van der Waals surface area contributed by atoms with Gasteiger partial charge in [0.15, 0.2) is 0 Å². The van der Waals surface area contributed by atoms with Crippen molar-refractivity contribution in [1.29, 1.82) is 0 Å². The van der Waals surface area contributed by atoms with Gasteiger partial charge in [-0.15, -0.1) is 0 Å². The molecule has 0 aliphatic rings. The minimum atomic E-state index is -0.947. The van der Waals surface area contributed by atoms with Crippen LogP contribution in [0.25, 0.3) is 11.1 Å². The van der Waals surface area contributed by atoms with E-state index in [0.717, 1.165) is 27.8 Å². The normalized spacial score (nSPS) is 12.5. The summed E-state index contributed by atoms with van der Waals surface area (Å²) in [5, 5.41) is 2.98. The van der Waals surface area contributed by atoms with Crippen LogP contribution in [-0.2, 0) is 38.5 Å². The van der Waals surface area contributed by atoms with Crippen molar-refractivity contribution in [2.24, 2.45) is 11.8 Å². The second-order valence-electron chi connectivity index (χ2n) is 13.9. The summed E-state index contributed by atoms with van der Waals surface area (Å²) >= 11 is 0. The molecule has 0 aromatic heterocycles. The Kier molecular flexibility index (Phi) is 13.6. The van der Waals surface area contributed by atoms with Crippen molar-refractivity contribution in [3.05, 3.63) is 132 Å². The third-order valence-corrected chi connectivity index (χ3v) is 7.98. The second kappa shape index (κ2) is 18.0. The molecule has 4 rings (SSSR count). The number of nitrogens with zero attached hydrogens (tertiary/aromatic N) is 1. The van der Waals surface area contributed by atoms with Crippen LogP contribution in [0.2, 0.25) is 0 Å². The highest BCUT2D eigenvalue weighted by atomic mass is 16.6. The van der Waals surface area contributed by atoms with Crippen LogP contribution in [0.5, 0.6) is 0 Å². The summed E-state index contributed by atoms with van der Waals surface area (Å²) in [6, 6.07) is 36.1. The summed E-state index contributed by atoms with van der Waals surface area (Å²) in [4.78, 5) is 42.8. The lowest BCUT2D eigenvalue weighted by molar-refractivity contribution is -0.160. The van der Waals surface area contributed by atoms with Crippen molar-refractivity contribution in [1.82, 2.24) is 10.2 Å². The zero-order valence-electron chi connectivity index (χ0n) is 29.4. The number of urea groups is 1. The predicted octanol–water partition coefficient (Wildman–Crippen LogP) is 8.27. The summed E-state index contributed by atoms with van der Waals surface area (Å²) < 4.78 is 11.5. The highest BCUT2D eigenvalue weighted by molar-refractivity contribution is 5.84. The average molecular weight is 663 g/mol. The number of hydrogen-bond donors (Lipinski definition) is 1. The van der Waals surface area contributed by atoms with Gasteiger partial charge in [-0.2, -0.15) is 0 Å². The molecule has 0 heterocycles. The van der Waals surface area contributed by atoms with Crippen molar-refractivity contribution in [2.75, 3.05) is 13.1 Å². The maximum Gasteiger partial charge on any atom is 0.329 e. The third-order valence-electron chi connectivity index (χ3n) is 7.98. The predicted molar refractivity (Wildman–Crippen MR) is 195 cm³/mol. The number of carbonyl (C=O) groups excluding carboxylic acids is 3. The van der Waals surface area contributed by atoms with Gasteiger partial charge in [0.2, 0.25) is 0 Å². The Morgan fingerprint density at radius 2 is 1.22 bits per heavy atom. The largest absolute Gasteiger partial charge is 0.460 e. The summed E-state index contributed by atoms with van der Waals surface area (Å²) in [6.45, 7) is 10.2. The lowest BCUT2D eigenvalue weighted by atomic mass is 9.98. The number of amides is 2. The molecule has 1 N–H and O–H groups in total. The van der Waals surface area contributed by atoms with Crippen LogP contribution in [0.4, 0.5) is 4.79 Å². The van der Waals surface area contributed by atoms with Crippen LogP contribution >= 0.6 is 0 Å². The SMILES string of the molecule is CC(C)CN(CC(CCc1ccccc1)C(=O)OC(C)(C)C)C(=O)N[C@@H](Cc1ccc(-c2ccccc2)cc1)C(=O)OCc1ccccc1. The first-order valence-electron chi connectivity index (χ1n) is 17.1. The Hall–Kier alpha value is -4.91. The number of hydrogen-bond acceptors (Lipinski definition) is 5. The molecule has 0 aliphatic carbocycles. The van der Waals surface area contributed by atoms with Crippen molar-refractivity contribution < 1.29 is 23.9 Å². The molecule has 0 radical (unpaired) electrons. The van der Waals surface area contributed by atoms with Gasteiger partial charge < -0.3 is 19.7 Å². The molecule has 2 amide bonds. The Labute approximate surface area is 291 Å². The molecule has 0 spiro atoms. The fourth-order valence-electron chi connectivity index (χ4n) is 5.56. The van der Waals surface area contributed by atoms with Gasteiger partial charge in [-0.05, 0) is 67.3 Å². The van der Waals surface area contributed by atoms with E-state index in [1.165, 1.54) is 0 Å². The zero-order valence-corrected chi connectivity index (χ0v) is 29.4. The van der Waals surface area contributed by atoms with Gasteiger partial charge in [-0.1, -0.05) is 129 Å². The van der Waals surface area contributed by atoms with Crippen LogP contribution in [0, 0.1) is 11.8 Å². The Morgan fingerprint density at radius 1 is 0.673 bits per heavy atom. The number of carbonyl (C=O) groups is 3. The van der Waals surface area contributed by atoms with Gasteiger partial charge in [0, 0.05) is 19.5 Å². The summed E-state index contributed by atoms with van der Waals surface area (Å²) in [7, 11) is 0. The highest BCUT2D eigenvalue weighted by Crippen LogP contribution is 2.21. The molecular formula is C42H50N2O5. The van der Waals surface area contributed by atoms with Crippen molar-refractivity contribution in [2.45, 2.75) is 72.1 Å². The Balaban J connectivity index is 1.55. The van der Waals surface area contributed by atoms with E-state index >= 15 is 0 Å². The van der Waals surface area contributed by atoms with Crippen LogP contribution < -0.4 is 5.32 Å². The second-order valence-corrected chi connectivity index (χ2v) is 13.9. The molecule has 258 valence electrons. The first kappa shape index (κ1) is 36.9. The van der Waals surface area contributed by atoms with E-state index in [1.807, 2.05) is 150 Å². The minimum absolute atomic E-state index is 0.0922. The van der Waals surface area contributed by atoms with Gasteiger partial charge in [-0.25, -0.2) is 9.59 Å². The molecule has 0 saturated carbocycles. The first-order chi connectivity index (χ1) is 23.5. The molecule has 4 aromatic rings. The van der Waals surface area contributed by atoms with E-state index in [9.17, 15) is 14.4 Å². The third kappa shape index (κ3) is 12.6. The molecular weight excluding hydrogens is 612 g/mol. The van der Waals surface area contributed by atoms with Gasteiger partial charge >= 0.3 is 18.0 Å². The topological polar surface area (TPSA) is 84.9 Å². The molecule has 7 heteroatoms. The van der Waals surface area contributed by atoms with E-state index < -0.39 is 29.6 Å². The van der Waals surface area contributed by atoms with Gasteiger partial charge in [-0.3, -0.25) is 4.79 Å². The molecule has 4 aromatic carbocycles.